The Morgan fingerprint density at radius 2 is 2.07 bits per heavy atom. The molecule has 1 aromatic carbocycles. The number of nitrogens with zero attached hydrogens (tertiary/aromatic N) is 1. The molecule has 0 fully saturated rings. The highest BCUT2D eigenvalue weighted by Gasteiger charge is 2.08. The molecule has 78 valence electrons. The van der Waals surface area contributed by atoms with Gasteiger partial charge in [0.25, 0.3) is 5.56 Å². The molecule has 0 saturated carbocycles. The van der Waals surface area contributed by atoms with Crippen molar-refractivity contribution < 1.29 is 5.11 Å². The lowest BCUT2D eigenvalue weighted by atomic mass is 10.1. The van der Waals surface area contributed by atoms with E-state index in [1.807, 2.05) is 13.0 Å². The molecule has 0 spiro atoms. The van der Waals surface area contributed by atoms with Gasteiger partial charge in [0.1, 0.15) is 5.75 Å². The lowest BCUT2D eigenvalue weighted by molar-refractivity contribution is 0.476. The Bertz CT molecular complexity index is 552. The minimum Gasteiger partial charge on any atom is -0.507 e. The Balaban J connectivity index is 2.64. The number of phenolic OH excluding ortho intramolecular Hbond substituents is 1. The summed E-state index contributed by atoms with van der Waals surface area (Å²) in [6.07, 6.45) is 0. The number of benzene rings is 1. The molecule has 4 heteroatoms. The summed E-state index contributed by atoms with van der Waals surface area (Å²) < 4.78 is 1.59. The zero-order chi connectivity index (χ0) is 11.0. The molecule has 0 aliphatic heterocycles. The maximum Gasteiger partial charge on any atom is 0.264 e. The first-order valence-electron chi connectivity index (χ1n) is 4.64. The van der Waals surface area contributed by atoms with Crippen LogP contribution in [0.3, 0.4) is 0 Å². The molecule has 0 aliphatic rings. The summed E-state index contributed by atoms with van der Waals surface area (Å²) in [4.78, 5) is 11.1. The Kier molecular flexibility index (Phi) is 2.11. The number of hydrogen-bond acceptors (Lipinski definition) is 2. The number of aromatic amines is 1. The van der Waals surface area contributed by atoms with Crippen LogP contribution in [0.1, 0.15) is 5.56 Å². The fourth-order valence-electron chi connectivity index (χ4n) is 1.60. The highest BCUT2D eigenvalue weighted by atomic mass is 16.3. The number of nitrogens with one attached hydrogen (secondary N) is 1. The standard InChI is InChI=1S/C11H12N2O2/c1-7-3-4-8(10(14)5-7)9-6-11(15)12-13(9)2/h3-6,14H,1-2H3,(H,12,15). The van der Waals surface area contributed by atoms with Gasteiger partial charge in [0.15, 0.2) is 0 Å². The van der Waals surface area contributed by atoms with Crippen LogP contribution in [0.5, 0.6) is 5.75 Å². The van der Waals surface area contributed by atoms with Crippen molar-refractivity contribution in [2.45, 2.75) is 6.92 Å². The van der Waals surface area contributed by atoms with Crippen molar-refractivity contribution in [1.82, 2.24) is 9.78 Å². The van der Waals surface area contributed by atoms with E-state index in [0.717, 1.165) is 5.56 Å². The fourth-order valence-corrected chi connectivity index (χ4v) is 1.60. The summed E-state index contributed by atoms with van der Waals surface area (Å²) in [5.41, 5.74) is 2.14. The highest BCUT2D eigenvalue weighted by Crippen LogP contribution is 2.28. The van der Waals surface area contributed by atoms with Crippen LogP contribution < -0.4 is 5.56 Å². The smallest absolute Gasteiger partial charge is 0.264 e. The van der Waals surface area contributed by atoms with Crippen molar-refractivity contribution in [3.63, 3.8) is 0 Å². The van der Waals surface area contributed by atoms with Gasteiger partial charge in [-0.15, -0.1) is 0 Å². The van der Waals surface area contributed by atoms with Crippen molar-refractivity contribution in [3.8, 4) is 17.0 Å². The summed E-state index contributed by atoms with van der Waals surface area (Å²) in [5, 5.41) is 12.3. The molecule has 0 atom stereocenters. The van der Waals surface area contributed by atoms with E-state index in [0.29, 0.717) is 11.3 Å². The largest absolute Gasteiger partial charge is 0.507 e. The van der Waals surface area contributed by atoms with Crippen molar-refractivity contribution in [2.75, 3.05) is 0 Å². The van der Waals surface area contributed by atoms with Gasteiger partial charge in [0, 0.05) is 18.7 Å². The maximum atomic E-state index is 11.1. The average molecular weight is 204 g/mol. The second-order valence-electron chi connectivity index (χ2n) is 3.59. The zero-order valence-corrected chi connectivity index (χ0v) is 8.61. The van der Waals surface area contributed by atoms with Crippen LogP contribution in [0.4, 0.5) is 0 Å². The van der Waals surface area contributed by atoms with Crippen molar-refractivity contribution in [1.29, 1.82) is 0 Å². The number of rotatable bonds is 1. The highest BCUT2D eigenvalue weighted by molar-refractivity contribution is 5.67. The lowest BCUT2D eigenvalue weighted by Gasteiger charge is -2.05. The van der Waals surface area contributed by atoms with E-state index in [2.05, 4.69) is 5.10 Å². The number of aromatic nitrogens is 2. The third-order valence-corrected chi connectivity index (χ3v) is 2.34. The number of phenols is 1. The van der Waals surface area contributed by atoms with Crippen molar-refractivity contribution in [3.05, 3.63) is 40.2 Å². The molecule has 2 rings (SSSR count). The Morgan fingerprint density at radius 3 is 2.60 bits per heavy atom. The predicted molar refractivity (Wildman–Crippen MR) is 57.9 cm³/mol. The molecule has 0 unspecified atom stereocenters. The Labute approximate surface area is 86.8 Å². The van der Waals surface area contributed by atoms with Gasteiger partial charge in [-0.1, -0.05) is 6.07 Å². The maximum absolute atomic E-state index is 11.1. The van der Waals surface area contributed by atoms with E-state index in [9.17, 15) is 9.90 Å². The van der Waals surface area contributed by atoms with Crippen LogP contribution in [-0.4, -0.2) is 14.9 Å². The number of aryl methyl sites for hydroxylation is 2. The Morgan fingerprint density at radius 1 is 1.33 bits per heavy atom. The van der Waals surface area contributed by atoms with E-state index in [1.165, 1.54) is 6.07 Å². The van der Waals surface area contributed by atoms with Gasteiger partial charge in [-0.3, -0.25) is 14.6 Å². The van der Waals surface area contributed by atoms with Crippen LogP contribution in [0.15, 0.2) is 29.1 Å². The predicted octanol–water partition coefficient (Wildman–Crippen LogP) is 1.39. The van der Waals surface area contributed by atoms with Crippen LogP contribution in [-0.2, 0) is 7.05 Å². The van der Waals surface area contributed by atoms with Gasteiger partial charge >= 0.3 is 0 Å². The molecule has 15 heavy (non-hydrogen) atoms. The number of hydrogen-bond donors (Lipinski definition) is 2. The summed E-state index contributed by atoms with van der Waals surface area (Å²) >= 11 is 0. The van der Waals surface area contributed by atoms with Gasteiger partial charge in [-0.25, -0.2) is 0 Å². The third-order valence-electron chi connectivity index (χ3n) is 2.34. The second kappa shape index (κ2) is 3.31. The molecule has 0 bridgehead atoms. The van der Waals surface area contributed by atoms with E-state index < -0.39 is 0 Å². The first-order chi connectivity index (χ1) is 7.08. The van der Waals surface area contributed by atoms with Crippen molar-refractivity contribution in [2.24, 2.45) is 7.05 Å². The SMILES string of the molecule is Cc1ccc(-c2cc(=O)[nH]n2C)c(O)c1. The average Bonchev–Trinajstić information content (AvgIpc) is 2.45. The molecular weight excluding hydrogens is 192 g/mol. The summed E-state index contributed by atoms with van der Waals surface area (Å²) in [5.74, 6) is 0.185. The van der Waals surface area contributed by atoms with Gasteiger partial charge in [0.2, 0.25) is 0 Å². The third kappa shape index (κ3) is 1.66. The molecule has 1 heterocycles. The molecule has 2 N–H and O–H groups in total. The molecular formula is C11H12N2O2. The first-order valence-corrected chi connectivity index (χ1v) is 4.64. The van der Waals surface area contributed by atoms with E-state index >= 15 is 0 Å². The van der Waals surface area contributed by atoms with E-state index in [1.54, 1.807) is 23.9 Å². The van der Waals surface area contributed by atoms with Crippen LogP contribution >= 0.6 is 0 Å². The lowest BCUT2D eigenvalue weighted by Crippen LogP contribution is -2.00. The van der Waals surface area contributed by atoms with E-state index in [4.69, 9.17) is 0 Å². The first kappa shape index (κ1) is 9.58. The molecule has 0 radical (unpaired) electrons. The minimum absolute atomic E-state index is 0.174. The second-order valence-corrected chi connectivity index (χ2v) is 3.59. The van der Waals surface area contributed by atoms with Crippen molar-refractivity contribution >= 4 is 0 Å². The molecule has 0 amide bonds. The van der Waals surface area contributed by atoms with Gasteiger partial charge < -0.3 is 5.11 Å². The topological polar surface area (TPSA) is 58.0 Å². The normalized spacial score (nSPS) is 10.5. The molecule has 0 saturated heterocycles. The number of aromatic hydroxyl groups is 1. The summed E-state index contributed by atoms with van der Waals surface area (Å²) in [7, 11) is 1.73. The quantitative estimate of drug-likeness (QED) is 0.737. The monoisotopic (exact) mass is 204 g/mol. The molecule has 2 aromatic rings. The zero-order valence-electron chi connectivity index (χ0n) is 8.61. The molecule has 1 aromatic heterocycles. The van der Waals surface area contributed by atoms with Gasteiger partial charge in [0.05, 0.1) is 5.69 Å². The van der Waals surface area contributed by atoms with Crippen LogP contribution in [0.25, 0.3) is 11.3 Å². The summed E-state index contributed by atoms with van der Waals surface area (Å²) in [6.45, 7) is 1.90. The van der Waals surface area contributed by atoms with Crippen LogP contribution in [0, 0.1) is 6.92 Å². The fraction of sp³-hybridized carbons (Fsp3) is 0.182. The Hall–Kier alpha value is -1.97. The van der Waals surface area contributed by atoms with Gasteiger partial charge in [-0.05, 0) is 24.6 Å². The molecule has 0 aliphatic carbocycles. The van der Waals surface area contributed by atoms with Gasteiger partial charge in [-0.2, -0.15) is 0 Å². The number of H-pyrrole nitrogens is 1. The summed E-state index contributed by atoms with van der Waals surface area (Å²) in [6, 6.07) is 6.83. The molecule has 4 nitrogen and oxygen atoms in total. The van der Waals surface area contributed by atoms with E-state index in [-0.39, 0.29) is 11.3 Å². The van der Waals surface area contributed by atoms with Crippen LogP contribution in [0.2, 0.25) is 0 Å². The minimum atomic E-state index is -0.174.